The van der Waals surface area contributed by atoms with Crippen LogP contribution in [-0.2, 0) is 14.2 Å². The van der Waals surface area contributed by atoms with Crippen molar-refractivity contribution < 1.29 is 23.8 Å². The van der Waals surface area contributed by atoms with E-state index in [1.807, 2.05) is 0 Å². The Hall–Kier alpha value is -1.78. The lowest BCUT2D eigenvalue weighted by Gasteiger charge is -2.26. The molecule has 0 aromatic carbocycles. The van der Waals surface area contributed by atoms with Gasteiger partial charge in [0.25, 0.3) is 0 Å². The summed E-state index contributed by atoms with van der Waals surface area (Å²) in [6.07, 6.45) is 3.24. The lowest BCUT2D eigenvalue weighted by atomic mass is 9.82. The van der Waals surface area contributed by atoms with Gasteiger partial charge in [-0.25, -0.2) is 9.59 Å². The van der Waals surface area contributed by atoms with Crippen LogP contribution < -0.4 is 0 Å². The van der Waals surface area contributed by atoms with E-state index in [0.717, 1.165) is 19.3 Å². The normalized spacial score (nSPS) is 34.7. The molecule has 1 aliphatic heterocycles. The SMILES string of the molecule is C=CCC12CCC(C1)C1=C2OC(=O)OC(=O)O1. The van der Waals surface area contributed by atoms with Crippen LogP contribution in [-0.4, -0.2) is 12.3 Å². The second kappa shape index (κ2) is 3.35. The fourth-order valence-electron chi connectivity index (χ4n) is 3.13. The topological polar surface area (TPSA) is 61.8 Å². The zero-order valence-corrected chi connectivity index (χ0v) is 9.23. The van der Waals surface area contributed by atoms with E-state index < -0.39 is 12.3 Å². The second-order valence-corrected chi connectivity index (χ2v) is 4.71. The number of allylic oxidation sites excluding steroid dienone is 3. The Morgan fingerprint density at radius 3 is 2.82 bits per heavy atom. The molecule has 0 aromatic heterocycles. The molecule has 3 aliphatic rings. The Balaban J connectivity index is 2.03. The Labute approximate surface area is 98.0 Å². The van der Waals surface area contributed by atoms with E-state index in [1.165, 1.54) is 0 Å². The molecule has 0 N–H and O–H groups in total. The Morgan fingerprint density at radius 2 is 2.06 bits per heavy atom. The van der Waals surface area contributed by atoms with Crippen LogP contribution in [0.4, 0.5) is 9.59 Å². The zero-order valence-electron chi connectivity index (χ0n) is 9.23. The highest BCUT2D eigenvalue weighted by atomic mass is 16.8. The highest BCUT2D eigenvalue weighted by molar-refractivity contribution is 5.79. The van der Waals surface area contributed by atoms with Gasteiger partial charge in [0.2, 0.25) is 0 Å². The maximum absolute atomic E-state index is 11.3. The van der Waals surface area contributed by atoms with Crippen LogP contribution in [0.1, 0.15) is 25.7 Å². The maximum atomic E-state index is 11.3. The minimum Gasteiger partial charge on any atom is -0.395 e. The quantitative estimate of drug-likeness (QED) is 0.419. The Morgan fingerprint density at radius 1 is 1.29 bits per heavy atom. The summed E-state index contributed by atoms with van der Waals surface area (Å²) in [6, 6.07) is 0. The molecular formula is C12H12O5. The first-order valence-corrected chi connectivity index (χ1v) is 5.62. The van der Waals surface area contributed by atoms with Gasteiger partial charge in [-0.1, -0.05) is 6.08 Å². The van der Waals surface area contributed by atoms with Crippen molar-refractivity contribution >= 4 is 12.3 Å². The molecule has 0 spiro atoms. The highest BCUT2D eigenvalue weighted by Gasteiger charge is 2.55. The van der Waals surface area contributed by atoms with E-state index in [4.69, 9.17) is 9.47 Å². The first-order valence-electron chi connectivity index (χ1n) is 5.62. The van der Waals surface area contributed by atoms with Gasteiger partial charge < -0.3 is 14.2 Å². The van der Waals surface area contributed by atoms with Crippen molar-refractivity contribution in [3.8, 4) is 0 Å². The monoisotopic (exact) mass is 236 g/mol. The minimum atomic E-state index is -1.00. The van der Waals surface area contributed by atoms with Gasteiger partial charge in [-0.15, -0.1) is 6.58 Å². The third-order valence-electron chi connectivity index (χ3n) is 3.77. The average molecular weight is 236 g/mol. The molecule has 0 aromatic rings. The van der Waals surface area contributed by atoms with Crippen molar-refractivity contribution in [2.75, 3.05) is 0 Å². The number of cyclic esters (lactones) is 2. The van der Waals surface area contributed by atoms with Crippen LogP contribution >= 0.6 is 0 Å². The van der Waals surface area contributed by atoms with Crippen molar-refractivity contribution in [1.82, 2.24) is 0 Å². The van der Waals surface area contributed by atoms with Gasteiger partial charge in [0.1, 0.15) is 0 Å². The van der Waals surface area contributed by atoms with Gasteiger partial charge in [-0.05, 0) is 25.7 Å². The van der Waals surface area contributed by atoms with Gasteiger partial charge in [0.05, 0.1) is 0 Å². The van der Waals surface area contributed by atoms with Gasteiger partial charge >= 0.3 is 12.3 Å². The van der Waals surface area contributed by atoms with Crippen molar-refractivity contribution in [3.05, 3.63) is 24.2 Å². The number of hydrogen-bond acceptors (Lipinski definition) is 5. The van der Waals surface area contributed by atoms with Crippen LogP contribution in [0.15, 0.2) is 24.2 Å². The molecule has 0 amide bonds. The van der Waals surface area contributed by atoms with Gasteiger partial charge in [-0.3, -0.25) is 0 Å². The van der Waals surface area contributed by atoms with Crippen molar-refractivity contribution in [2.24, 2.45) is 11.3 Å². The van der Waals surface area contributed by atoms with Crippen LogP contribution in [0.3, 0.4) is 0 Å². The largest absolute Gasteiger partial charge is 0.523 e. The van der Waals surface area contributed by atoms with E-state index >= 15 is 0 Å². The third kappa shape index (κ3) is 1.38. The summed E-state index contributed by atoms with van der Waals surface area (Å²) in [7, 11) is 0. The molecule has 17 heavy (non-hydrogen) atoms. The lowest BCUT2D eigenvalue weighted by molar-refractivity contribution is 0.0675. The summed E-state index contributed by atoms with van der Waals surface area (Å²) in [4.78, 5) is 22.4. The summed E-state index contributed by atoms with van der Waals surface area (Å²) in [6.45, 7) is 3.73. The van der Waals surface area contributed by atoms with Crippen molar-refractivity contribution in [3.63, 3.8) is 0 Å². The van der Waals surface area contributed by atoms with E-state index in [-0.39, 0.29) is 11.3 Å². The molecular weight excluding hydrogens is 224 g/mol. The fourth-order valence-corrected chi connectivity index (χ4v) is 3.13. The van der Waals surface area contributed by atoms with Crippen molar-refractivity contribution in [1.29, 1.82) is 0 Å². The molecule has 5 nitrogen and oxygen atoms in total. The second-order valence-electron chi connectivity index (χ2n) is 4.71. The van der Waals surface area contributed by atoms with Gasteiger partial charge in [0, 0.05) is 11.3 Å². The van der Waals surface area contributed by atoms with Crippen molar-refractivity contribution in [2.45, 2.75) is 25.7 Å². The summed E-state index contributed by atoms with van der Waals surface area (Å²) in [5.41, 5.74) is -0.231. The number of hydrogen-bond donors (Lipinski definition) is 0. The average Bonchev–Trinajstić information content (AvgIpc) is 2.72. The fraction of sp³-hybridized carbons (Fsp3) is 0.500. The van der Waals surface area contributed by atoms with Crippen LogP contribution in [0.5, 0.6) is 0 Å². The number of rotatable bonds is 2. The predicted octanol–water partition coefficient (Wildman–Crippen LogP) is 2.88. The molecule has 1 fully saturated rings. The highest BCUT2D eigenvalue weighted by Crippen LogP contribution is 2.60. The molecule has 5 heteroatoms. The minimum absolute atomic E-state index is 0.156. The number of ether oxygens (including phenoxy) is 3. The molecule has 2 aliphatic carbocycles. The number of fused-ring (bicyclic) bond motifs is 4. The number of carbonyl (C=O) groups excluding carboxylic acids is 2. The van der Waals surface area contributed by atoms with Crippen LogP contribution in [0.25, 0.3) is 0 Å². The Kier molecular flexibility index (Phi) is 2.05. The zero-order chi connectivity index (χ0) is 12.0. The summed E-state index contributed by atoms with van der Waals surface area (Å²) in [5.74, 6) is 1.11. The smallest absolute Gasteiger partial charge is 0.395 e. The summed E-state index contributed by atoms with van der Waals surface area (Å²) < 4.78 is 14.5. The summed E-state index contributed by atoms with van der Waals surface area (Å²) >= 11 is 0. The molecule has 1 saturated carbocycles. The van der Waals surface area contributed by atoms with Crippen LogP contribution in [0.2, 0.25) is 0 Å². The maximum Gasteiger partial charge on any atom is 0.523 e. The molecule has 2 unspecified atom stereocenters. The molecule has 3 rings (SSSR count). The summed E-state index contributed by atoms with van der Waals surface area (Å²) in [5, 5.41) is 0. The molecule has 90 valence electrons. The lowest BCUT2D eigenvalue weighted by Crippen LogP contribution is -2.21. The predicted molar refractivity (Wildman–Crippen MR) is 55.7 cm³/mol. The van der Waals surface area contributed by atoms with Gasteiger partial charge in [-0.2, -0.15) is 0 Å². The molecule has 0 saturated heterocycles. The van der Waals surface area contributed by atoms with E-state index in [9.17, 15) is 9.59 Å². The number of carbonyl (C=O) groups is 2. The standard InChI is InChI=1S/C12H12O5/c1-2-4-12-5-3-7(6-12)8-9(12)16-11(14)17-10(13)15-8/h2,7H,1,3-6H2. The van der Waals surface area contributed by atoms with Crippen LogP contribution in [0, 0.1) is 11.3 Å². The Bertz CT molecular complexity index is 450. The third-order valence-corrected chi connectivity index (χ3v) is 3.77. The molecule has 2 bridgehead atoms. The van der Waals surface area contributed by atoms with E-state index in [0.29, 0.717) is 17.9 Å². The molecule has 1 heterocycles. The van der Waals surface area contributed by atoms with Gasteiger partial charge in [0.15, 0.2) is 11.5 Å². The molecule has 0 radical (unpaired) electrons. The first-order chi connectivity index (χ1) is 8.14. The van der Waals surface area contributed by atoms with E-state index in [1.54, 1.807) is 6.08 Å². The molecule has 2 atom stereocenters. The van der Waals surface area contributed by atoms with E-state index in [2.05, 4.69) is 11.3 Å². The first kappa shape index (κ1) is 10.4.